The highest BCUT2D eigenvalue weighted by Gasteiger charge is 2.43. The summed E-state index contributed by atoms with van der Waals surface area (Å²) < 4.78 is 43.3. The Hall–Kier alpha value is -1.80. The summed E-state index contributed by atoms with van der Waals surface area (Å²) in [6.45, 7) is 1.29. The van der Waals surface area contributed by atoms with E-state index in [0.717, 1.165) is 6.54 Å². The van der Waals surface area contributed by atoms with Gasteiger partial charge in [-0.15, -0.1) is 0 Å². The van der Waals surface area contributed by atoms with Crippen molar-refractivity contribution in [3.05, 3.63) is 24.3 Å². The summed E-state index contributed by atoms with van der Waals surface area (Å²) in [6, 6.07) is 7.48. The Morgan fingerprint density at radius 2 is 1.88 bits per heavy atom. The minimum absolute atomic E-state index is 0.00361. The van der Waals surface area contributed by atoms with Crippen molar-refractivity contribution in [2.75, 3.05) is 64.3 Å². The van der Waals surface area contributed by atoms with Gasteiger partial charge in [-0.2, -0.15) is 13.2 Å². The predicted octanol–water partition coefficient (Wildman–Crippen LogP) is 2.03. The van der Waals surface area contributed by atoms with Gasteiger partial charge in [0.05, 0.1) is 12.3 Å². The topological polar surface area (TPSA) is 36.0 Å². The van der Waals surface area contributed by atoms with E-state index in [4.69, 9.17) is 4.74 Å². The summed E-state index contributed by atoms with van der Waals surface area (Å²) in [7, 11) is 7.08. The number of hydrogen-bond donors (Lipinski definition) is 0. The predicted molar refractivity (Wildman–Crippen MR) is 87.4 cm³/mol. The lowest BCUT2D eigenvalue weighted by molar-refractivity contribution is -0.170. The first-order valence-corrected chi connectivity index (χ1v) is 7.42. The zero-order valence-corrected chi connectivity index (χ0v) is 14.4. The van der Waals surface area contributed by atoms with Crippen molar-refractivity contribution in [2.45, 2.75) is 6.18 Å². The van der Waals surface area contributed by atoms with Crippen LogP contribution >= 0.6 is 0 Å². The van der Waals surface area contributed by atoms with Crippen molar-refractivity contribution in [2.24, 2.45) is 0 Å². The Morgan fingerprint density at radius 1 is 1.21 bits per heavy atom. The molecule has 0 aliphatic carbocycles. The minimum atomic E-state index is -4.95. The molecule has 1 amide bonds. The fourth-order valence-electron chi connectivity index (χ4n) is 1.98. The Balaban J connectivity index is 3.02. The fourth-order valence-corrected chi connectivity index (χ4v) is 1.98. The smallest absolute Gasteiger partial charge is 0.383 e. The monoisotopic (exact) mass is 346 g/mol. The number of halogens is 3. The molecule has 0 saturated heterocycles. The number of benzene rings is 1. The quantitative estimate of drug-likeness (QED) is 0.722. The normalized spacial score (nSPS) is 11.7. The number of ether oxygens (including phenoxy) is 1. The van der Waals surface area contributed by atoms with Gasteiger partial charge in [0, 0.05) is 45.5 Å². The van der Waals surface area contributed by atoms with E-state index in [1.807, 2.05) is 30.9 Å². The molecule has 0 bridgehead atoms. The van der Waals surface area contributed by atoms with Gasteiger partial charge in [0.15, 0.2) is 0 Å². The minimum Gasteiger partial charge on any atom is -0.383 e. The van der Waals surface area contributed by atoms with Crippen LogP contribution in [0.4, 0.5) is 24.5 Å². The molecule has 0 unspecified atom stereocenters. The van der Waals surface area contributed by atoms with Crippen molar-refractivity contribution >= 4 is 17.3 Å². The van der Waals surface area contributed by atoms with Gasteiger partial charge >= 0.3 is 12.1 Å². The standard InChI is InChI=1S/C16H23F3N3O2/c1-20(2)8-9-21(3)13-6-5-7-14(12-13)22(10-11-24-4)15(23)16(17,18)19/h5-6,12H,8-11H2,1-4H3. The number of methoxy groups -OCH3 is 1. The maximum atomic E-state index is 12.8. The second-order valence-corrected chi connectivity index (χ2v) is 5.60. The van der Waals surface area contributed by atoms with Gasteiger partial charge in [-0.1, -0.05) is 6.07 Å². The first-order chi connectivity index (χ1) is 11.2. The number of carbonyl (C=O) groups is 1. The summed E-state index contributed by atoms with van der Waals surface area (Å²) >= 11 is 0. The van der Waals surface area contributed by atoms with Crippen LogP contribution in [0.15, 0.2) is 18.2 Å². The molecule has 135 valence electrons. The third-order valence-corrected chi connectivity index (χ3v) is 3.39. The van der Waals surface area contributed by atoms with E-state index in [1.165, 1.54) is 19.2 Å². The second kappa shape index (κ2) is 8.89. The van der Waals surface area contributed by atoms with E-state index < -0.39 is 12.1 Å². The largest absolute Gasteiger partial charge is 0.471 e. The molecule has 0 heterocycles. The highest BCUT2D eigenvalue weighted by molar-refractivity contribution is 5.97. The van der Waals surface area contributed by atoms with E-state index in [-0.39, 0.29) is 18.8 Å². The molecular weight excluding hydrogens is 323 g/mol. The van der Waals surface area contributed by atoms with E-state index >= 15 is 0 Å². The molecule has 1 aromatic rings. The lowest BCUT2D eigenvalue weighted by atomic mass is 10.2. The van der Waals surface area contributed by atoms with Crippen LogP contribution in [0.3, 0.4) is 0 Å². The molecule has 0 fully saturated rings. The van der Waals surface area contributed by atoms with Crippen molar-refractivity contribution in [3.63, 3.8) is 0 Å². The fraction of sp³-hybridized carbons (Fsp3) is 0.562. The van der Waals surface area contributed by atoms with Crippen LogP contribution in [0.1, 0.15) is 0 Å². The summed E-state index contributed by atoms with van der Waals surface area (Å²) in [4.78, 5) is 16.2. The molecule has 1 aromatic carbocycles. The number of likely N-dealkylation sites (N-methyl/N-ethyl adjacent to an activating group) is 2. The summed E-state index contributed by atoms with van der Waals surface area (Å²) in [5.41, 5.74) is 0.784. The Labute approximate surface area is 140 Å². The molecule has 5 nitrogen and oxygen atoms in total. The zero-order valence-electron chi connectivity index (χ0n) is 14.4. The van der Waals surface area contributed by atoms with E-state index in [9.17, 15) is 18.0 Å². The summed E-state index contributed by atoms with van der Waals surface area (Å²) in [5, 5.41) is 0. The lowest BCUT2D eigenvalue weighted by Gasteiger charge is -2.26. The second-order valence-electron chi connectivity index (χ2n) is 5.60. The summed E-state index contributed by atoms with van der Waals surface area (Å²) in [5.74, 6) is -1.93. The molecule has 0 aromatic heterocycles. The van der Waals surface area contributed by atoms with Crippen LogP contribution in [0.25, 0.3) is 0 Å². The van der Waals surface area contributed by atoms with Crippen LogP contribution in [0.5, 0.6) is 0 Å². The van der Waals surface area contributed by atoms with Crippen molar-refractivity contribution < 1.29 is 22.7 Å². The van der Waals surface area contributed by atoms with Crippen molar-refractivity contribution in [1.29, 1.82) is 0 Å². The average molecular weight is 346 g/mol. The molecule has 0 aliphatic heterocycles. The van der Waals surface area contributed by atoms with Crippen LogP contribution < -0.4 is 9.80 Å². The van der Waals surface area contributed by atoms with Crippen molar-refractivity contribution in [3.8, 4) is 0 Å². The first kappa shape index (κ1) is 20.2. The molecule has 8 heteroatoms. The van der Waals surface area contributed by atoms with Gasteiger partial charge in [0.1, 0.15) is 0 Å². The number of rotatable bonds is 8. The number of alkyl halides is 3. The Kier molecular flexibility index (Phi) is 7.50. The maximum absolute atomic E-state index is 12.8. The SMILES string of the molecule is COCCN(C(=O)C(F)(F)F)c1[c]ccc(N(C)CCN(C)C)c1. The highest BCUT2D eigenvalue weighted by atomic mass is 19.4. The summed E-state index contributed by atoms with van der Waals surface area (Å²) in [6.07, 6.45) is -4.95. The van der Waals surface area contributed by atoms with Gasteiger partial charge in [-0.25, -0.2) is 0 Å². The van der Waals surface area contributed by atoms with Crippen LogP contribution in [0.2, 0.25) is 0 Å². The third-order valence-electron chi connectivity index (χ3n) is 3.39. The lowest BCUT2D eigenvalue weighted by Crippen LogP contribution is -2.43. The average Bonchev–Trinajstić information content (AvgIpc) is 2.52. The molecule has 0 spiro atoms. The van der Waals surface area contributed by atoms with Crippen LogP contribution in [-0.2, 0) is 9.53 Å². The van der Waals surface area contributed by atoms with E-state index in [0.29, 0.717) is 17.1 Å². The molecule has 0 N–H and O–H groups in total. The van der Waals surface area contributed by atoms with Crippen LogP contribution in [-0.4, -0.2) is 71.5 Å². The molecule has 0 atom stereocenters. The highest BCUT2D eigenvalue weighted by Crippen LogP contribution is 2.26. The van der Waals surface area contributed by atoms with E-state index in [2.05, 4.69) is 6.07 Å². The Bertz CT molecular complexity index is 536. The van der Waals surface area contributed by atoms with Gasteiger partial charge in [-0.05, 0) is 26.2 Å². The first-order valence-electron chi connectivity index (χ1n) is 7.42. The number of hydrogen-bond acceptors (Lipinski definition) is 4. The van der Waals surface area contributed by atoms with E-state index in [1.54, 1.807) is 6.07 Å². The maximum Gasteiger partial charge on any atom is 0.471 e. The molecule has 24 heavy (non-hydrogen) atoms. The molecule has 0 aliphatic rings. The van der Waals surface area contributed by atoms with Gasteiger partial charge < -0.3 is 19.4 Å². The number of nitrogens with zero attached hydrogens (tertiary/aromatic N) is 3. The van der Waals surface area contributed by atoms with Crippen LogP contribution in [0, 0.1) is 6.07 Å². The van der Waals surface area contributed by atoms with Crippen molar-refractivity contribution in [1.82, 2.24) is 4.90 Å². The molecule has 1 rings (SSSR count). The van der Waals surface area contributed by atoms with Gasteiger partial charge in [0.25, 0.3) is 0 Å². The number of amides is 1. The molecule has 0 saturated carbocycles. The number of carbonyl (C=O) groups excluding carboxylic acids is 1. The Morgan fingerprint density at radius 3 is 2.42 bits per heavy atom. The third kappa shape index (κ3) is 6.01. The zero-order chi connectivity index (χ0) is 18.3. The number of anilines is 2. The van der Waals surface area contributed by atoms with Gasteiger partial charge in [0.2, 0.25) is 0 Å². The molecular formula is C16H23F3N3O2. The van der Waals surface area contributed by atoms with Gasteiger partial charge in [-0.3, -0.25) is 4.79 Å². The molecule has 1 radical (unpaired) electrons.